The normalized spacial score (nSPS) is 18.0. The van der Waals surface area contributed by atoms with Gasteiger partial charge in [-0.15, -0.1) is 0 Å². The highest BCUT2D eigenvalue weighted by Gasteiger charge is 2.23. The maximum absolute atomic E-state index is 13.6. The second-order valence-corrected chi connectivity index (χ2v) is 5.93. The van der Waals surface area contributed by atoms with Gasteiger partial charge in [-0.05, 0) is 37.5 Å². The molecule has 7 nitrogen and oxygen atoms in total. The van der Waals surface area contributed by atoms with Crippen LogP contribution in [0.3, 0.4) is 0 Å². The van der Waals surface area contributed by atoms with E-state index in [9.17, 15) is 14.0 Å². The number of hydrogen-bond acceptors (Lipinski definition) is 5. The van der Waals surface area contributed by atoms with Crippen LogP contribution in [0.15, 0.2) is 18.1 Å². The molecule has 9 heteroatoms. The summed E-state index contributed by atoms with van der Waals surface area (Å²) < 4.78 is 18.2. The number of nitrogens with zero attached hydrogens (tertiary/aromatic N) is 2. The molecule has 25 heavy (non-hydrogen) atoms. The summed E-state index contributed by atoms with van der Waals surface area (Å²) in [6.45, 7) is 2.51. The molecule has 2 heterocycles. The molecular weight excluding hydrogens is 353 g/mol. The smallest absolute Gasteiger partial charge is 0.407 e. The Morgan fingerprint density at radius 1 is 1.60 bits per heavy atom. The number of esters is 1. The zero-order valence-electron chi connectivity index (χ0n) is 13.7. The third kappa shape index (κ3) is 5.32. The van der Waals surface area contributed by atoms with Gasteiger partial charge in [0.2, 0.25) is 5.83 Å². The van der Waals surface area contributed by atoms with Gasteiger partial charge in [0.25, 0.3) is 0 Å². The van der Waals surface area contributed by atoms with Crippen molar-refractivity contribution in [2.24, 2.45) is 0 Å². The summed E-state index contributed by atoms with van der Waals surface area (Å²) >= 11 is 6.15. The second kappa shape index (κ2) is 8.66. The minimum Gasteiger partial charge on any atom is -0.465 e. The number of aromatic nitrogens is 1. The van der Waals surface area contributed by atoms with Crippen molar-refractivity contribution in [3.63, 3.8) is 0 Å². The Labute approximate surface area is 149 Å². The van der Waals surface area contributed by atoms with Gasteiger partial charge in [0, 0.05) is 25.3 Å². The van der Waals surface area contributed by atoms with Crippen LogP contribution in [0.2, 0.25) is 5.02 Å². The van der Waals surface area contributed by atoms with Crippen LogP contribution in [0.25, 0.3) is 6.08 Å². The van der Waals surface area contributed by atoms with Gasteiger partial charge in [-0.2, -0.15) is 4.39 Å². The van der Waals surface area contributed by atoms with E-state index in [0.29, 0.717) is 24.5 Å². The highest BCUT2D eigenvalue weighted by molar-refractivity contribution is 6.33. The average Bonchev–Trinajstić information content (AvgIpc) is 2.57. The van der Waals surface area contributed by atoms with Gasteiger partial charge in [0.1, 0.15) is 5.82 Å². The Kier molecular flexibility index (Phi) is 6.58. The van der Waals surface area contributed by atoms with E-state index >= 15 is 0 Å². The number of ether oxygens (including phenoxy) is 1. The number of carboxylic acid groups (broad SMARTS) is 1. The first kappa shape index (κ1) is 19.0. The number of rotatable bonds is 5. The molecule has 1 aliphatic rings. The largest absolute Gasteiger partial charge is 0.465 e. The van der Waals surface area contributed by atoms with Crippen molar-refractivity contribution < 1.29 is 23.8 Å². The van der Waals surface area contributed by atoms with Gasteiger partial charge < -0.3 is 20.1 Å². The van der Waals surface area contributed by atoms with E-state index < -0.39 is 17.9 Å². The summed E-state index contributed by atoms with van der Waals surface area (Å²) in [4.78, 5) is 27.8. The van der Waals surface area contributed by atoms with Crippen molar-refractivity contribution in [1.29, 1.82) is 0 Å². The zero-order valence-corrected chi connectivity index (χ0v) is 14.4. The number of piperidine rings is 1. The quantitative estimate of drug-likeness (QED) is 0.610. The number of carbonyl (C=O) groups excluding carboxylic acids is 1. The van der Waals surface area contributed by atoms with Gasteiger partial charge in [0.15, 0.2) is 0 Å². The molecule has 1 amide bonds. The molecule has 0 saturated carbocycles. The summed E-state index contributed by atoms with van der Waals surface area (Å²) in [5, 5.41) is 12.4. The Hall–Kier alpha value is -2.35. The Bertz CT molecular complexity index is 683. The molecule has 0 unspecified atom stereocenters. The van der Waals surface area contributed by atoms with E-state index in [1.165, 1.54) is 17.2 Å². The fourth-order valence-corrected chi connectivity index (χ4v) is 2.73. The van der Waals surface area contributed by atoms with Crippen LogP contribution in [0.4, 0.5) is 15.0 Å². The molecule has 1 saturated heterocycles. The van der Waals surface area contributed by atoms with E-state index in [-0.39, 0.29) is 17.7 Å². The summed E-state index contributed by atoms with van der Waals surface area (Å²) in [7, 11) is 0. The molecule has 1 atom stereocenters. The van der Waals surface area contributed by atoms with Crippen molar-refractivity contribution >= 4 is 35.6 Å². The Morgan fingerprint density at radius 2 is 2.36 bits per heavy atom. The minimum absolute atomic E-state index is 0.0801. The first-order chi connectivity index (χ1) is 11.9. The standard InChI is InChI=1S/C16H19ClFN3O4/c1-2-25-15(22)13(18)7-10-6-12(17)14(19-8-10)20-11-4-3-5-21(9-11)16(23)24/h6-8,11H,2-5,9H2,1H3,(H,19,20)(H,23,24)/t11-/m1/s1. The Balaban J connectivity index is 2.05. The van der Waals surface area contributed by atoms with Crippen molar-refractivity contribution in [2.75, 3.05) is 25.0 Å². The van der Waals surface area contributed by atoms with Crippen molar-refractivity contribution in [3.05, 3.63) is 28.7 Å². The zero-order chi connectivity index (χ0) is 18.4. The van der Waals surface area contributed by atoms with E-state index in [0.717, 1.165) is 18.9 Å². The van der Waals surface area contributed by atoms with Gasteiger partial charge in [0.05, 0.1) is 11.6 Å². The highest BCUT2D eigenvalue weighted by atomic mass is 35.5. The topological polar surface area (TPSA) is 91.8 Å². The molecule has 0 spiro atoms. The molecule has 0 bridgehead atoms. The van der Waals surface area contributed by atoms with Gasteiger partial charge in [-0.3, -0.25) is 0 Å². The van der Waals surface area contributed by atoms with Gasteiger partial charge in [-0.25, -0.2) is 14.6 Å². The summed E-state index contributed by atoms with van der Waals surface area (Å²) in [5.74, 6) is -1.70. The molecule has 0 aromatic carbocycles. The molecule has 1 aromatic heterocycles. The van der Waals surface area contributed by atoms with Crippen LogP contribution in [-0.4, -0.2) is 52.8 Å². The van der Waals surface area contributed by atoms with Crippen LogP contribution in [0, 0.1) is 0 Å². The van der Waals surface area contributed by atoms with E-state index in [1.807, 2.05) is 0 Å². The maximum Gasteiger partial charge on any atom is 0.407 e. The first-order valence-corrected chi connectivity index (χ1v) is 8.22. The fraction of sp³-hybridized carbons (Fsp3) is 0.438. The molecular formula is C16H19ClFN3O4. The predicted molar refractivity (Wildman–Crippen MR) is 91.2 cm³/mol. The van der Waals surface area contributed by atoms with Crippen molar-refractivity contribution in [1.82, 2.24) is 9.88 Å². The molecule has 0 radical (unpaired) electrons. The van der Waals surface area contributed by atoms with Gasteiger partial charge in [-0.1, -0.05) is 11.6 Å². The molecule has 1 aliphatic heterocycles. The third-order valence-electron chi connectivity index (χ3n) is 3.66. The summed E-state index contributed by atoms with van der Waals surface area (Å²) in [6.07, 6.45) is 2.94. The van der Waals surface area contributed by atoms with Gasteiger partial charge >= 0.3 is 12.1 Å². The number of pyridine rings is 1. The molecule has 136 valence electrons. The van der Waals surface area contributed by atoms with Crippen molar-refractivity contribution in [2.45, 2.75) is 25.8 Å². The SMILES string of the molecule is CCOC(=O)C(F)=Cc1cnc(N[C@@H]2CCCN(C(=O)O)C2)c(Cl)c1. The van der Waals surface area contributed by atoms with Crippen LogP contribution >= 0.6 is 11.6 Å². The Morgan fingerprint density at radius 3 is 3.00 bits per heavy atom. The molecule has 2 N–H and O–H groups in total. The van der Waals surface area contributed by atoms with E-state index in [2.05, 4.69) is 15.0 Å². The number of amides is 1. The number of hydrogen-bond donors (Lipinski definition) is 2. The lowest BCUT2D eigenvalue weighted by Gasteiger charge is -2.31. The number of halogens is 2. The lowest BCUT2D eigenvalue weighted by Crippen LogP contribution is -2.44. The number of nitrogens with one attached hydrogen (secondary N) is 1. The number of carbonyl (C=O) groups is 2. The lowest BCUT2D eigenvalue weighted by molar-refractivity contribution is -0.140. The van der Waals surface area contributed by atoms with E-state index in [1.54, 1.807) is 6.92 Å². The van der Waals surface area contributed by atoms with Crippen LogP contribution in [0.1, 0.15) is 25.3 Å². The monoisotopic (exact) mass is 371 g/mol. The van der Waals surface area contributed by atoms with E-state index in [4.69, 9.17) is 16.7 Å². The average molecular weight is 372 g/mol. The van der Waals surface area contributed by atoms with Crippen LogP contribution in [0.5, 0.6) is 0 Å². The molecule has 0 aliphatic carbocycles. The number of anilines is 1. The van der Waals surface area contributed by atoms with Crippen LogP contribution < -0.4 is 5.32 Å². The van der Waals surface area contributed by atoms with Crippen LogP contribution in [-0.2, 0) is 9.53 Å². The highest BCUT2D eigenvalue weighted by Crippen LogP contribution is 2.24. The van der Waals surface area contributed by atoms with Crippen molar-refractivity contribution in [3.8, 4) is 0 Å². The lowest BCUT2D eigenvalue weighted by atomic mass is 10.1. The first-order valence-electron chi connectivity index (χ1n) is 7.85. The second-order valence-electron chi connectivity index (χ2n) is 5.52. The minimum atomic E-state index is -1.04. The summed E-state index contributed by atoms with van der Waals surface area (Å²) in [5.41, 5.74) is 0.317. The third-order valence-corrected chi connectivity index (χ3v) is 3.95. The molecule has 1 fully saturated rings. The fourth-order valence-electron chi connectivity index (χ4n) is 2.51. The summed E-state index contributed by atoms with van der Waals surface area (Å²) in [6, 6.07) is 1.36. The predicted octanol–water partition coefficient (Wildman–Crippen LogP) is 3.16. The molecule has 2 rings (SSSR count). The molecule has 1 aromatic rings. The number of likely N-dealkylation sites (tertiary alicyclic amines) is 1. The maximum atomic E-state index is 13.6.